The van der Waals surface area contributed by atoms with Crippen LogP contribution in [0.1, 0.15) is 11.1 Å². The van der Waals surface area contributed by atoms with Gasteiger partial charge >= 0.3 is 0 Å². The fourth-order valence-corrected chi connectivity index (χ4v) is 3.25. The van der Waals surface area contributed by atoms with Crippen molar-refractivity contribution in [3.8, 4) is 23.1 Å². The lowest BCUT2D eigenvalue weighted by molar-refractivity contribution is -0.120. The van der Waals surface area contributed by atoms with Gasteiger partial charge in [0.05, 0.1) is 20.6 Å². The maximum absolute atomic E-state index is 12.5. The topological polar surface area (TPSA) is 85.5 Å². The molecule has 0 bridgehead atoms. The van der Waals surface area contributed by atoms with Crippen molar-refractivity contribution < 1.29 is 19.0 Å². The molecule has 7 nitrogen and oxygen atoms in total. The Balaban J connectivity index is 1.36. The summed E-state index contributed by atoms with van der Waals surface area (Å²) in [7, 11) is 3.24. The van der Waals surface area contributed by atoms with E-state index in [1.807, 2.05) is 54.7 Å². The van der Waals surface area contributed by atoms with Crippen LogP contribution in [0, 0.1) is 0 Å². The minimum atomic E-state index is -0.0712. The molecule has 7 heteroatoms. The van der Waals surface area contributed by atoms with E-state index in [9.17, 15) is 4.79 Å². The van der Waals surface area contributed by atoms with Gasteiger partial charge in [-0.25, -0.2) is 4.98 Å². The first-order chi connectivity index (χ1) is 15.1. The molecule has 0 aliphatic rings. The van der Waals surface area contributed by atoms with E-state index < -0.39 is 0 Å². The molecule has 0 aliphatic heterocycles. The number of carbonyl (C=O) groups is 1. The SMILES string of the molecule is COc1ccc(Oc2cc(CNC(=O)Cc3c[nH]c4ccc(OC)cc34)ccn2)cc1. The number of aromatic nitrogens is 2. The summed E-state index contributed by atoms with van der Waals surface area (Å²) in [6.07, 6.45) is 3.79. The number of hydrogen-bond donors (Lipinski definition) is 2. The summed E-state index contributed by atoms with van der Waals surface area (Å²) in [5.41, 5.74) is 2.79. The highest BCUT2D eigenvalue weighted by molar-refractivity contribution is 5.89. The molecule has 2 heterocycles. The van der Waals surface area contributed by atoms with Gasteiger partial charge in [-0.1, -0.05) is 0 Å². The van der Waals surface area contributed by atoms with Crippen LogP contribution in [-0.4, -0.2) is 30.1 Å². The minimum Gasteiger partial charge on any atom is -0.497 e. The number of benzene rings is 2. The highest BCUT2D eigenvalue weighted by Crippen LogP contribution is 2.24. The van der Waals surface area contributed by atoms with Gasteiger partial charge in [0, 0.05) is 35.9 Å². The first-order valence-electron chi connectivity index (χ1n) is 9.82. The minimum absolute atomic E-state index is 0.0712. The van der Waals surface area contributed by atoms with Crippen molar-refractivity contribution >= 4 is 16.8 Å². The highest BCUT2D eigenvalue weighted by atomic mass is 16.5. The zero-order valence-electron chi connectivity index (χ0n) is 17.3. The molecule has 2 aromatic carbocycles. The molecule has 4 aromatic rings. The van der Waals surface area contributed by atoms with E-state index in [2.05, 4.69) is 15.3 Å². The van der Waals surface area contributed by atoms with Crippen molar-refractivity contribution in [3.63, 3.8) is 0 Å². The highest BCUT2D eigenvalue weighted by Gasteiger charge is 2.10. The van der Waals surface area contributed by atoms with E-state index in [1.165, 1.54) is 0 Å². The Bertz CT molecular complexity index is 1190. The van der Waals surface area contributed by atoms with Crippen LogP contribution in [0.2, 0.25) is 0 Å². The van der Waals surface area contributed by atoms with E-state index in [1.54, 1.807) is 26.5 Å². The molecule has 1 amide bonds. The molecule has 4 rings (SSSR count). The molecule has 0 fully saturated rings. The van der Waals surface area contributed by atoms with E-state index in [4.69, 9.17) is 14.2 Å². The number of aromatic amines is 1. The lowest BCUT2D eigenvalue weighted by Crippen LogP contribution is -2.24. The fraction of sp³-hybridized carbons (Fsp3) is 0.167. The predicted octanol–water partition coefficient (Wildman–Crippen LogP) is 4.23. The number of ether oxygens (including phenoxy) is 3. The molecule has 31 heavy (non-hydrogen) atoms. The quantitative estimate of drug-likeness (QED) is 0.448. The lowest BCUT2D eigenvalue weighted by atomic mass is 10.1. The van der Waals surface area contributed by atoms with Gasteiger partial charge < -0.3 is 24.5 Å². The van der Waals surface area contributed by atoms with Crippen molar-refractivity contribution in [2.24, 2.45) is 0 Å². The predicted molar refractivity (Wildman–Crippen MR) is 118 cm³/mol. The first kappa shape index (κ1) is 20.3. The normalized spacial score (nSPS) is 10.6. The second-order valence-corrected chi connectivity index (χ2v) is 6.96. The van der Waals surface area contributed by atoms with Gasteiger partial charge in [0.25, 0.3) is 0 Å². The van der Waals surface area contributed by atoms with Crippen LogP contribution in [-0.2, 0) is 17.8 Å². The Labute approximate surface area is 180 Å². The van der Waals surface area contributed by atoms with Crippen LogP contribution in [0.3, 0.4) is 0 Å². The second-order valence-electron chi connectivity index (χ2n) is 6.96. The van der Waals surface area contributed by atoms with E-state index >= 15 is 0 Å². The number of nitrogens with zero attached hydrogens (tertiary/aromatic N) is 1. The zero-order valence-corrected chi connectivity index (χ0v) is 17.3. The van der Waals surface area contributed by atoms with Gasteiger partial charge in [-0.15, -0.1) is 0 Å². The largest absolute Gasteiger partial charge is 0.497 e. The Morgan fingerprint density at radius 2 is 1.71 bits per heavy atom. The molecule has 0 saturated carbocycles. The molecule has 0 atom stereocenters. The van der Waals surface area contributed by atoms with E-state index in [0.717, 1.165) is 33.5 Å². The Kier molecular flexibility index (Phi) is 6.03. The maximum Gasteiger partial charge on any atom is 0.224 e. The molecule has 0 saturated heterocycles. The molecule has 0 unspecified atom stereocenters. The molecular weight excluding hydrogens is 394 g/mol. The Hall–Kier alpha value is -4.00. The smallest absolute Gasteiger partial charge is 0.224 e. The van der Waals surface area contributed by atoms with Crippen molar-refractivity contribution in [1.82, 2.24) is 15.3 Å². The van der Waals surface area contributed by atoms with E-state index in [-0.39, 0.29) is 12.3 Å². The summed E-state index contributed by atoms with van der Waals surface area (Å²) in [6, 6.07) is 16.7. The number of fused-ring (bicyclic) bond motifs is 1. The van der Waals surface area contributed by atoms with Crippen LogP contribution >= 0.6 is 0 Å². The number of hydrogen-bond acceptors (Lipinski definition) is 5. The average molecular weight is 417 g/mol. The van der Waals surface area contributed by atoms with Gasteiger partial charge in [-0.05, 0) is 59.7 Å². The van der Waals surface area contributed by atoms with Crippen molar-refractivity contribution in [1.29, 1.82) is 0 Å². The number of rotatable bonds is 8. The lowest BCUT2D eigenvalue weighted by Gasteiger charge is -2.09. The average Bonchev–Trinajstić information content (AvgIpc) is 3.20. The van der Waals surface area contributed by atoms with Crippen molar-refractivity contribution in [3.05, 3.63) is 78.1 Å². The van der Waals surface area contributed by atoms with E-state index in [0.29, 0.717) is 18.2 Å². The summed E-state index contributed by atoms with van der Waals surface area (Å²) in [6.45, 7) is 0.381. The summed E-state index contributed by atoms with van der Waals surface area (Å²) >= 11 is 0. The van der Waals surface area contributed by atoms with Crippen LogP contribution in [0.4, 0.5) is 0 Å². The number of nitrogens with one attached hydrogen (secondary N) is 2. The molecule has 0 radical (unpaired) electrons. The first-order valence-corrected chi connectivity index (χ1v) is 9.82. The summed E-state index contributed by atoms with van der Waals surface area (Å²) < 4.78 is 16.2. The van der Waals surface area contributed by atoms with Crippen LogP contribution in [0.25, 0.3) is 10.9 Å². The van der Waals surface area contributed by atoms with Gasteiger partial charge in [0.1, 0.15) is 17.2 Å². The number of H-pyrrole nitrogens is 1. The molecule has 158 valence electrons. The van der Waals surface area contributed by atoms with Crippen LogP contribution in [0.5, 0.6) is 23.1 Å². The Morgan fingerprint density at radius 1 is 0.968 bits per heavy atom. The number of amides is 1. The summed E-state index contributed by atoms with van der Waals surface area (Å²) in [4.78, 5) is 19.9. The summed E-state index contributed by atoms with van der Waals surface area (Å²) in [5.74, 6) is 2.56. The fourth-order valence-electron chi connectivity index (χ4n) is 3.25. The van der Waals surface area contributed by atoms with Gasteiger partial charge in [-0.2, -0.15) is 0 Å². The van der Waals surface area contributed by atoms with Crippen molar-refractivity contribution in [2.75, 3.05) is 14.2 Å². The van der Waals surface area contributed by atoms with Gasteiger partial charge in [0.2, 0.25) is 11.8 Å². The van der Waals surface area contributed by atoms with Crippen molar-refractivity contribution in [2.45, 2.75) is 13.0 Å². The third kappa shape index (κ3) is 4.95. The molecule has 2 aromatic heterocycles. The molecule has 0 spiro atoms. The standard InChI is InChI=1S/C24H23N3O4/c1-29-18-3-5-19(6-4-18)31-24-11-16(9-10-25-24)14-27-23(28)12-17-15-26-22-8-7-20(30-2)13-21(17)22/h3-11,13,15,26H,12,14H2,1-2H3,(H,27,28). The number of methoxy groups -OCH3 is 2. The molecular formula is C24H23N3O4. The molecule has 0 aliphatic carbocycles. The third-order valence-electron chi connectivity index (χ3n) is 4.90. The maximum atomic E-state index is 12.5. The number of pyridine rings is 1. The Morgan fingerprint density at radius 3 is 2.48 bits per heavy atom. The summed E-state index contributed by atoms with van der Waals surface area (Å²) in [5, 5.41) is 3.93. The zero-order chi connectivity index (χ0) is 21.6. The molecule has 2 N–H and O–H groups in total. The third-order valence-corrected chi connectivity index (χ3v) is 4.90. The number of carbonyl (C=O) groups excluding carboxylic acids is 1. The van der Waals surface area contributed by atoms with Gasteiger partial charge in [-0.3, -0.25) is 4.79 Å². The van der Waals surface area contributed by atoms with Crippen LogP contribution < -0.4 is 19.5 Å². The van der Waals surface area contributed by atoms with Gasteiger partial charge in [0.15, 0.2) is 0 Å². The monoisotopic (exact) mass is 417 g/mol. The second kappa shape index (κ2) is 9.21. The van der Waals surface area contributed by atoms with Crippen LogP contribution in [0.15, 0.2) is 67.0 Å².